The highest BCUT2D eigenvalue weighted by Crippen LogP contribution is 2.27. The van der Waals surface area contributed by atoms with Gasteiger partial charge in [-0.25, -0.2) is 4.79 Å². The second-order valence-electron chi connectivity index (χ2n) is 4.59. The lowest BCUT2D eigenvalue weighted by atomic mass is 10.5. The third kappa shape index (κ3) is 6.69. The highest BCUT2D eigenvalue weighted by Gasteiger charge is 2.44. The molecule has 0 aromatic carbocycles. The number of carbonyl (C=O) groups excluding carboxylic acids is 1. The molecule has 0 spiro atoms. The van der Waals surface area contributed by atoms with Gasteiger partial charge in [0.1, 0.15) is 0 Å². The van der Waals surface area contributed by atoms with Crippen molar-refractivity contribution in [3.05, 3.63) is 12.7 Å². The van der Waals surface area contributed by atoms with E-state index in [1.54, 1.807) is 35.5 Å². The van der Waals surface area contributed by atoms with Crippen molar-refractivity contribution in [1.29, 1.82) is 0 Å². The van der Waals surface area contributed by atoms with Gasteiger partial charge in [0.25, 0.3) is 0 Å². The van der Waals surface area contributed by atoms with Gasteiger partial charge in [-0.15, -0.1) is 0 Å². The first-order valence-corrected chi connectivity index (χ1v) is 11.2. The summed E-state index contributed by atoms with van der Waals surface area (Å²) in [6.45, 7) is 3.67. The molecular weight excluding hydrogens is 324 g/mol. The quantitative estimate of drug-likeness (QED) is 0.216. The largest absolute Gasteiger partial charge is 0.500 e. The van der Waals surface area contributed by atoms with E-state index in [9.17, 15) is 4.79 Å². The fourth-order valence-electron chi connectivity index (χ4n) is 2.09. The van der Waals surface area contributed by atoms with Crippen molar-refractivity contribution in [3.8, 4) is 0 Å². The molecule has 0 atom stereocenters. The Morgan fingerprint density at radius 3 is 1.86 bits per heavy atom. The predicted molar refractivity (Wildman–Crippen MR) is 86.7 cm³/mol. The first-order valence-electron chi connectivity index (χ1n) is 7.02. The van der Waals surface area contributed by atoms with Gasteiger partial charge in [-0.3, -0.25) is 0 Å². The number of ether oxygens (including phenoxy) is 1. The minimum atomic E-state index is -2.65. The zero-order valence-electron chi connectivity index (χ0n) is 14.2. The van der Waals surface area contributed by atoms with Crippen LogP contribution in [0.2, 0.25) is 18.1 Å². The van der Waals surface area contributed by atoms with E-state index in [1.807, 2.05) is 0 Å². The van der Waals surface area contributed by atoms with Crippen LogP contribution in [-0.2, 0) is 31.7 Å². The lowest BCUT2D eigenvalue weighted by molar-refractivity contribution is -0.137. The minimum Gasteiger partial charge on any atom is -0.463 e. The summed E-state index contributed by atoms with van der Waals surface area (Å²) in [5.74, 6) is -0.424. The second kappa shape index (κ2) is 11.1. The van der Waals surface area contributed by atoms with E-state index in [2.05, 4.69) is 6.58 Å². The van der Waals surface area contributed by atoms with Crippen LogP contribution in [0.25, 0.3) is 0 Å². The molecule has 0 fully saturated rings. The number of hydrogen-bond acceptors (Lipinski definition) is 7. The Hall–Kier alpha value is -0.556. The van der Waals surface area contributed by atoms with Crippen LogP contribution in [0.3, 0.4) is 0 Å². The van der Waals surface area contributed by atoms with Crippen LogP contribution in [0.15, 0.2) is 12.7 Å². The highest BCUT2D eigenvalue weighted by molar-refractivity contribution is 6.70. The molecule has 22 heavy (non-hydrogen) atoms. The van der Waals surface area contributed by atoms with Gasteiger partial charge < -0.3 is 26.9 Å². The zero-order chi connectivity index (χ0) is 17.1. The summed E-state index contributed by atoms with van der Waals surface area (Å²) in [5, 5.41) is 0. The summed E-state index contributed by atoms with van der Waals surface area (Å²) in [6, 6.07) is 1.99. The monoisotopic (exact) mass is 352 g/mol. The topological polar surface area (TPSA) is 72.5 Å². The highest BCUT2D eigenvalue weighted by atomic mass is 28.4. The third-order valence-corrected chi connectivity index (χ3v) is 10.4. The SMILES string of the molecule is C=CC(=O)OCCC[Si](CC[Si](OC)(OC)OC)(OC)OC. The van der Waals surface area contributed by atoms with E-state index in [1.165, 1.54) is 0 Å². The van der Waals surface area contributed by atoms with Gasteiger partial charge in [0.15, 0.2) is 0 Å². The molecule has 0 rings (SSSR count). The summed E-state index contributed by atoms with van der Waals surface area (Å²) in [6.07, 6.45) is 1.81. The van der Waals surface area contributed by atoms with Crippen molar-refractivity contribution >= 4 is 23.3 Å². The first kappa shape index (κ1) is 21.4. The maximum atomic E-state index is 11.0. The smallest absolute Gasteiger partial charge is 0.463 e. The molecule has 130 valence electrons. The molecule has 0 aromatic rings. The molecule has 9 heteroatoms. The van der Waals surface area contributed by atoms with Gasteiger partial charge in [-0.2, -0.15) is 0 Å². The molecule has 0 saturated heterocycles. The van der Waals surface area contributed by atoms with E-state index in [4.69, 9.17) is 26.9 Å². The number of rotatable bonds is 13. The lowest BCUT2D eigenvalue weighted by Crippen LogP contribution is -2.47. The zero-order valence-corrected chi connectivity index (χ0v) is 16.2. The van der Waals surface area contributed by atoms with Crippen molar-refractivity contribution in [1.82, 2.24) is 0 Å². The Morgan fingerprint density at radius 1 is 0.909 bits per heavy atom. The molecule has 0 bridgehead atoms. The molecule has 0 aliphatic carbocycles. The number of esters is 1. The molecule has 0 heterocycles. The Balaban J connectivity index is 4.54. The van der Waals surface area contributed by atoms with Crippen molar-refractivity contribution in [2.24, 2.45) is 0 Å². The average Bonchev–Trinajstić information content (AvgIpc) is 2.58. The van der Waals surface area contributed by atoms with Crippen LogP contribution in [-0.4, -0.2) is 65.5 Å². The van der Waals surface area contributed by atoms with Gasteiger partial charge in [-0.05, 0) is 18.5 Å². The fourth-order valence-corrected chi connectivity index (χ4v) is 7.87. The Labute approximate surface area is 135 Å². The van der Waals surface area contributed by atoms with Crippen LogP contribution < -0.4 is 0 Å². The maximum absolute atomic E-state index is 11.0. The van der Waals surface area contributed by atoms with Crippen molar-refractivity contribution in [2.45, 2.75) is 24.6 Å². The fraction of sp³-hybridized carbons (Fsp3) is 0.769. The molecule has 7 nitrogen and oxygen atoms in total. The molecule has 0 aliphatic heterocycles. The van der Waals surface area contributed by atoms with Crippen LogP contribution >= 0.6 is 0 Å². The van der Waals surface area contributed by atoms with Gasteiger partial charge in [0, 0.05) is 47.7 Å². The first-order chi connectivity index (χ1) is 10.5. The van der Waals surface area contributed by atoms with Crippen LogP contribution in [0.1, 0.15) is 6.42 Å². The van der Waals surface area contributed by atoms with E-state index >= 15 is 0 Å². The average molecular weight is 353 g/mol. The van der Waals surface area contributed by atoms with Gasteiger partial charge in [0.05, 0.1) is 6.61 Å². The molecule has 0 saturated carbocycles. The summed E-state index contributed by atoms with van der Waals surface area (Å²) < 4.78 is 32.5. The molecule has 0 aliphatic rings. The van der Waals surface area contributed by atoms with E-state index in [-0.39, 0.29) is 0 Å². The van der Waals surface area contributed by atoms with Gasteiger partial charge in [0.2, 0.25) is 0 Å². The van der Waals surface area contributed by atoms with Crippen molar-refractivity contribution in [3.63, 3.8) is 0 Å². The van der Waals surface area contributed by atoms with Crippen molar-refractivity contribution < 1.29 is 31.7 Å². The Bertz CT molecular complexity index is 322. The number of carbonyl (C=O) groups is 1. The summed E-state index contributed by atoms with van der Waals surface area (Å²) in [5.41, 5.74) is 0. The minimum absolute atomic E-state index is 0.313. The lowest BCUT2D eigenvalue weighted by Gasteiger charge is -2.31. The van der Waals surface area contributed by atoms with Crippen LogP contribution in [0.5, 0.6) is 0 Å². The summed E-state index contributed by atoms with van der Waals surface area (Å²) in [7, 11) is 2.96. The molecule has 0 N–H and O–H groups in total. The summed E-state index contributed by atoms with van der Waals surface area (Å²) >= 11 is 0. The second-order valence-corrected chi connectivity index (χ2v) is 11.3. The predicted octanol–water partition coefficient (Wildman–Crippen LogP) is 1.72. The standard InChI is InChI=1S/C13H28O7Si2/c1-7-13(14)20-9-8-10-21(15-2,16-3)11-12-22(17-4,18-5)19-6/h7H,1,8-12H2,2-6H3. The van der Waals surface area contributed by atoms with Crippen molar-refractivity contribution in [2.75, 3.05) is 42.2 Å². The third-order valence-electron chi connectivity index (χ3n) is 3.60. The molecule has 0 aromatic heterocycles. The number of hydrogen-bond donors (Lipinski definition) is 0. The normalized spacial score (nSPS) is 12.2. The Morgan fingerprint density at radius 2 is 1.45 bits per heavy atom. The molecular formula is C13H28O7Si2. The molecule has 0 amide bonds. The van der Waals surface area contributed by atoms with E-state index < -0.39 is 23.3 Å². The van der Waals surface area contributed by atoms with Gasteiger partial charge in [-0.1, -0.05) is 6.58 Å². The van der Waals surface area contributed by atoms with Crippen LogP contribution in [0, 0.1) is 0 Å². The summed E-state index contributed by atoms with van der Waals surface area (Å²) in [4.78, 5) is 11.0. The molecule has 0 unspecified atom stereocenters. The maximum Gasteiger partial charge on any atom is 0.500 e. The van der Waals surface area contributed by atoms with E-state index in [0.29, 0.717) is 31.2 Å². The van der Waals surface area contributed by atoms with Gasteiger partial charge >= 0.3 is 23.3 Å². The molecule has 0 radical (unpaired) electrons. The van der Waals surface area contributed by atoms with Crippen LogP contribution in [0.4, 0.5) is 0 Å². The van der Waals surface area contributed by atoms with E-state index in [0.717, 1.165) is 6.08 Å². The Kier molecular flexibility index (Phi) is 10.8.